The zero-order chi connectivity index (χ0) is 43.4. The van der Waals surface area contributed by atoms with Crippen LogP contribution >= 0.6 is 0 Å². The Hall–Kier alpha value is -4.96. The Morgan fingerprint density at radius 3 is 2.03 bits per heavy atom. The van der Waals surface area contributed by atoms with Crippen LogP contribution in [0, 0.1) is 22.7 Å². The van der Waals surface area contributed by atoms with E-state index in [1.807, 2.05) is 0 Å². The van der Waals surface area contributed by atoms with Gasteiger partial charge in [-0.05, 0) is 42.7 Å². The number of aliphatic hydroxyl groups excluding tert-OH is 1. The van der Waals surface area contributed by atoms with Gasteiger partial charge in [0.1, 0.15) is 23.9 Å². The first-order valence-corrected chi connectivity index (χ1v) is 19.7. The molecule has 2 bridgehead atoms. The molecule has 3 fully saturated rings. The van der Waals surface area contributed by atoms with E-state index in [0.717, 1.165) is 13.8 Å². The highest BCUT2D eigenvalue weighted by Crippen LogP contribution is 2.64. The van der Waals surface area contributed by atoms with Gasteiger partial charge in [0.15, 0.2) is 17.5 Å². The van der Waals surface area contributed by atoms with E-state index in [1.54, 1.807) is 83.1 Å². The average Bonchev–Trinajstić information content (AvgIpc) is 3.18. The predicted molar refractivity (Wildman–Crippen MR) is 207 cm³/mol. The van der Waals surface area contributed by atoms with E-state index >= 15 is 4.79 Å². The van der Waals surface area contributed by atoms with Crippen molar-refractivity contribution in [1.29, 1.82) is 0 Å². The lowest BCUT2D eigenvalue weighted by Crippen LogP contribution is -2.82. The summed E-state index contributed by atoms with van der Waals surface area (Å²) in [7, 11) is 0. The molecule has 59 heavy (non-hydrogen) atoms. The van der Waals surface area contributed by atoms with Gasteiger partial charge < -0.3 is 44.4 Å². The van der Waals surface area contributed by atoms with Gasteiger partial charge in [-0.25, -0.2) is 9.59 Å². The number of aliphatic hydroxyl groups is 2. The normalized spacial score (nSPS) is 33.1. The third-order valence-corrected chi connectivity index (χ3v) is 12.9. The van der Waals surface area contributed by atoms with Crippen LogP contribution in [0.1, 0.15) is 90.2 Å². The van der Waals surface area contributed by atoms with Gasteiger partial charge in [-0.1, -0.05) is 76.2 Å². The topological polar surface area (TPSA) is 224 Å². The van der Waals surface area contributed by atoms with Crippen LogP contribution in [0.3, 0.4) is 0 Å². The second kappa shape index (κ2) is 15.9. The minimum Gasteiger partial charge on any atom is -0.455 e. The van der Waals surface area contributed by atoms with Crippen LogP contribution in [-0.4, -0.2) is 100 Å². The zero-order valence-corrected chi connectivity index (χ0v) is 34.5. The summed E-state index contributed by atoms with van der Waals surface area (Å²) in [6.07, 6.45) is -10.00. The number of ketones is 1. The minimum atomic E-state index is -2.36. The molecule has 0 radical (unpaired) electrons. The molecule has 1 aliphatic heterocycles. The Balaban J connectivity index is 1.58. The van der Waals surface area contributed by atoms with Gasteiger partial charge in [0.25, 0.3) is 0 Å². The lowest BCUT2D eigenvalue weighted by molar-refractivity contribution is -0.346. The monoisotopic (exact) mass is 819 g/mol. The number of carbonyl (C=O) groups is 6. The van der Waals surface area contributed by atoms with Crippen LogP contribution in [-0.2, 0) is 52.4 Å². The summed E-state index contributed by atoms with van der Waals surface area (Å²) in [6.45, 7) is 11.2. The number of fused-ring (bicyclic) bond motifs is 5. The number of hydrogen-bond donors (Lipinski definition) is 3. The fourth-order valence-corrected chi connectivity index (χ4v) is 9.60. The van der Waals surface area contributed by atoms with Gasteiger partial charge in [0.05, 0.1) is 41.6 Å². The van der Waals surface area contributed by atoms with E-state index in [1.165, 1.54) is 19.1 Å². The molecule has 1 saturated heterocycles. The van der Waals surface area contributed by atoms with E-state index < -0.39 is 119 Å². The molecule has 1 unspecified atom stereocenters. The first kappa shape index (κ1) is 43.6. The van der Waals surface area contributed by atoms with Crippen molar-refractivity contribution in [3.63, 3.8) is 0 Å². The van der Waals surface area contributed by atoms with Gasteiger partial charge >= 0.3 is 29.8 Å². The maximum atomic E-state index is 15.5. The Morgan fingerprint density at radius 2 is 1.49 bits per heavy atom. The van der Waals surface area contributed by atoms with E-state index in [-0.39, 0.29) is 29.7 Å². The van der Waals surface area contributed by atoms with Crippen molar-refractivity contribution in [3.8, 4) is 0 Å². The smallest absolute Gasteiger partial charge is 0.350 e. The molecule has 15 heteroatoms. The molecule has 2 saturated carbocycles. The average molecular weight is 820 g/mol. The van der Waals surface area contributed by atoms with Crippen molar-refractivity contribution >= 4 is 35.6 Å². The summed E-state index contributed by atoms with van der Waals surface area (Å²) < 4.78 is 36.0. The summed E-state index contributed by atoms with van der Waals surface area (Å²) >= 11 is 0. The maximum Gasteiger partial charge on any atom is 0.350 e. The second-order valence-corrected chi connectivity index (χ2v) is 17.1. The van der Waals surface area contributed by atoms with Crippen LogP contribution < -0.4 is 5.73 Å². The molecule has 3 aliphatic carbocycles. The number of esters is 5. The van der Waals surface area contributed by atoms with Crippen LogP contribution in [0.15, 0.2) is 71.8 Å². The zero-order valence-electron chi connectivity index (χ0n) is 34.5. The Bertz CT molecular complexity index is 2030. The molecule has 4 N–H and O–H groups in total. The minimum absolute atomic E-state index is 0.0217. The Morgan fingerprint density at radius 1 is 0.881 bits per heavy atom. The Kier molecular flexibility index (Phi) is 11.8. The summed E-state index contributed by atoms with van der Waals surface area (Å²) in [5, 5.41) is 25.7. The van der Waals surface area contributed by atoms with Gasteiger partial charge in [-0.3, -0.25) is 19.2 Å². The maximum absolute atomic E-state index is 15.5. The van der Waals surface area contributed by atoms with Crippen LogP contribution in [0.25, 0.3) is 0 Å². The van der Waals surface area contributed by atoms with Gasteiger partial charge in [-0.2, -0.15) is 0 Å². The summed E-state index contributed by atoms with van der Waals surface area (Å²) in [6, 6.07) is 15.1. The fraction of sp³-hybridized carbons (Fsp3) is 0.545. The fourth-order valence-electron chi connectivity index (χ4n) is 9.60. The second-order valence-electron chi connectivity index (χ2n) is 17.1. The molecule has 0 aromatic heterocycles. The predicted octanol–water partition coefficient (Wildman–Crippen LogP) is 3.47. The van der Waals surface area contributed by atoms with Crippen molar-refractivity contribution in [2.24, 2.45) is 28.4 Å². The van der Waals surface area contributed by atoms with Crippen LogP contribution in [0.2, 0.25) is 0 Å². The molecule has 0 spiro atoms. The van der Waals surface area contributed by atoms with Gasteiger partial charge in [0.2, 0.25) is 6.10 Å². The number of Topliss-reactive ketones (excluding diaryl/α,β-unsaturated/α-hetero) is 1. The molecule has 318 valence electrons. The van der Waals surface area contributed by atoms with Crippen molar-refractivity contribution in [3.05, 3.63) is 82.9 Å². The molecule has 2 aromatic carbocycles. The van der Waals surface area contributed by atoms with Gasteiger partial charge in [-0.15, -0.1) is 0 Å². The van der Waals surface area contributed by atoms with Gasteiger partial charge in [0, 0.05) is 32.1 Å². The SMILES string of the molecule is CC(=O)O[C@H]1C(=O)[C@@]2(C)C([C@H](OC(=O)c3ccccc3)[C@]3(O)C[C@H](OC(=O)[C@H](OC(=O)C(C)C)[C@@H](N)c4ccccc4)C(C)=C1C3(C)C)[C@]1(OC(C)=O)CO[C@@H]1C[C@@H]2O. The molecule has 15 nitrogen and oxygen atoms in total. The largest absolute Gasteiger partial charge is 0.455 e. The molecular formula is C44H53NO14. The van der Waals surface area contributed by atoms with Crippen LogP contribution in [0.4, 0.5) is 0 Å². The number of nitrogens with two attached hydrogens (primary N) is 1. The Labute approximate surface area is 342 Å². The molecule has 4 aliphatic rings. The number of hydrogen-bond acceptors (Lipinski definition) is 15. The molecule has 2 aromatic rings. The molecule has 1 heterocycles. The number of carbonyl (C=O) groups excluding carboxylic acids is 6. The lowest BCUT2D eigenvalue weighted by atomic mass is 9.44. The summed E-state index contributed by atoms with van der Waals surface area (Å²) in [4.78, 5) is 83.0. The quantitative estimate of drug-likeness (QED) is 0.177. The van der Waals surface area contributed by atoms with E-state index in [4.69, 9.17) is 34.2 Å². The van der Waals surface area contributed by atoms with Crippen molar-refractivity contribution in [2.45, 2.75) is 122 Å². The number of rotatable bonds is 10. The molecule has 0 amide bonds. The summed E-state index contributed by atoms with van der Waals surface area (Å²) in [5.41, 5.74) is -0.461. The molecule has 6 rings (SSSR count). The highest BCUT2D eigenvalue weighted by Gasteiger charge is 2.78. The molecule has 11 atom stereocenters. The van der Waals surface area contributed by atoms with Crippen molar-refractivity contribution < 1.29 is 67.4 Å². The first-order chi connectivity index (χ1) is 27.6. The summed E-state index contributed by atoms with van der Waals surface area (Å²) in [5.74, 6) is -7.43. The van der Waals surface area contributed by atoms with E-state index in [2.05, 4.69) is 0 Å². The first-order valence-electron chi connectivity index (χ1n) is 19.7. The number of benzene rings is 2. The van der Waals surface area contributed by atoms with E-state index in [9.17, 15) is 34.2 Å². The van der Waals surface area contributed by atoms with Crippen molar-refractivity contribution in [1.82, 2.24) is 0 Å². The highest BCUT2D eigenvalue weighted by molar-refractivity contribution is 5.95. The van der Waals surface area contributed by atoms with E-state index in [0.29, 0.717) is 5.56 Å². The third kappa shape index (κ3) is 7.25. The molecular weight excluding hydrogens is 766 g/mol. The standard InChI is InChI=1S/C44H53NO14/c1-22(2)38(50)57-34(32(45)26-15-11-9-12-16-26)40(52)56-28-20-44(53)37(58-39(51)27-17-13-10-14-18-27)35-42(8,29(48)19-30-43(35,21-54-30)59-25(5)47)36(49)33(55-24(4)46)31(23(28)3)41(44,6)7/h9-18,22,28-30,32-35,37,48,53H,19-21,45H2,1-8H3/t28-,29-,30+,32-,33+,34+,35?,37-,42+,43-,44+/m0/s1. The lowest BCUT2D eigenvalue weighted by Gasteiger charge is -2.67. The van der Waals surface area contributed by atoms with Crippen molar-refractivity contribution in [2.75, 3.05) is 6.61 Å². The third-order valence-electron chi connectivity index (χ3n) is 12.9. The number of ether oxygens (including phenoxy) is 6. The van der Waals surface area contributed by atoms with Crippen LogP contribution in [0.5, 0.6) is 0 Å². The highest BCUT2D eigenvalue weighted by atomic mass is 16.6.